The van der Waals surface area contributed by atoms with Gasteiger partial charge in [0.05, 0.1) is 21.3 Å². The number of allylic oxidation sites excluding steroid dienone is 1. The monoisotopic (exact) mass is 374 g/mol. The molecule has 0 aliphatic carbocycles. The van der Waals surface area contributed by atoms with Crippen LogP contribution in [0.2, 0.25) is 0 Å². The number of aliphatic hydroxyl groups excluding tert-OH is 1. The van der Waals surface area contributed by atoms with Crippen LogP contribution in [0, 0.1) is 0 Å². The van der Waals surface area contributed by atoms with Gasteiger partial charge in [-0.05, 0) is 49.2 Å². The van der Waals surface area contributed by atoms with Gasteiger partial charge in [-0.25, -0.2) is 0 Å². The Bertz CT molecular complexity index is 774. The zero-order valence-corrected chi connectivity index (χ0v) is 16.2. The summed E-state index contributed by atoms with van der Waals surface area (Å²) in [5.74, 6) is 1.40. The Morgan fingerprint density at radius 1 is 0.889 bits per heavy atom. The van der Waals surface area contributed by atoms with Crippen LogP contribution in [0.5, 0.6) is 28.7 Å². The lowest BCUT2D eigenvalue weighted by Gasteiger charge is -2.23. The summed E-state index contributed by atoms with van der Waals surface area (Å²) in [6.45, 7) is 3.69. The van der Waals surface area contributed by atoms with Crippen molar-refractivity contribution in [1.82, 2.24) is 0 Å². The topological polar surface area (TPSA) is 77.4 Å². The van der Waals surface area contributed by atoms with Gasteiger partial charge >= 0.3 is 0 Å². The van der Waals surface area contributed by atoms with E-state index in [1.54, 1.807) is 32.2 Å². The molecule has 2 atom stereocenters. The Labute approximate surface area is 159 Å². The molecule has 27 heavy (non-hydrogen) atoms. The first-order chi connectivity index (χ1) is 12.9. The van der Waals surface area contributed by atoms with Crippen molar-refractivity contribution < 1.29 is 29.2 Å². The molecule has 2 aromatic rings. The van der Waals surface area contributed by atoms with Crippen LogP contribution >= 0.6 is 0 Å². The minimum atomic E-state index is -0.978. The average Bonchev–Trinajstić information content (AvgIpc) is 2.68. The van der Waals surface area contributed by atoms with Crippen molar-refractivity contribution in [2.24, 2.45) is 0 Å². The lowest BCUT2D eigenvalue weighted by atomic mass is 10.0. The molecule has 0 aliphatic heterocycles. The molecule has 0 fully saturated rings. The number of hydrogen-bond donors (Lipinski definition) is 2. The molecule has 0 radical (unpaired) electrons. The molecule has 146 valence electrons. The van der Waals surface area contributed by atoms with E-state index in [9.17, 15) is 10.2 Å². The molecular weight excluding hydrogens is 348 g/mol. The molecule has 2 rings (SSSR count). The number of benzene rings is 2. The maximum atomic E-state index is 10.7. The number of phenols is 1. The molecule has 0 unspecified atom stereocenters. The predicted molar refractivity (Wildman–Crippen MR) is 104 cm³/mol. The highest BCUT2D eigenvalue weighted by Crippen LogP contribution is 2.40. The van der Waals surface area contributed by atoms with E-state index in [1.807, 2.05) is 31.2 Å². The molecule has 0 heterocycles. The summed E-state index contributed by atoms with van der Waals surface area (Å²) in [6.07, 6.45) is 2.33. The van der Waals surface area contributed by atoms with Crippen LogP contribution in [0.3, 0.4) is 0 Å². The van der Waals surface area contributed by atoms with E-state index < -0.39 is 12.2 Å². The highest BCUT2D eigenvalue weighted by molar-refractivity contribution is 5.56. The third kappa shape index (κ3) is 4.65. The molecule has 0 bridgehead atoms. The maximum absolute atomic E-state index is 10.7. The van der Waals surface area contributed by atoms with Gasteiger partial charge in [0.1, 0.15) is 12.2 Å². The fourth-order valence-electron chi connectivity index (χ4n) is 2.70. The first-order valence-electron chi connectivity index (χ1n) is 8.55. The van der Waals surface area contributed by atoms with E-state index in [-0.39, 0.29) is 17.2 Å². The molecule has 6 nitrogen and oxygen atoms in total. The van der Waals surface area contributed by atoms with Gasteiger partial charge in [0.25, 0.3) is 0 Å². The van der Waals surface area contributed by atoms with Gasteiger partial charge in [0.2, 0.25) is 5.75 Å². The summed E-state index contributed by atoms with van der Waals surface area (Å²) in [5, 5.41) is 20.7. The Kier molecular flexibility index (Phi) is 6.96. The molecule has 0 saturated carbocycles. The minimum Gasteiger partial charge on any atom is -0.502 e. The fourth-order valence-corrected chi connectivity index (χ4v) is 2.70. The van der Waals surface area contributed by atoms with Crippen LogP contribution in [0.4, 0.5) is 0 Å². The standard InChI is InChI=1S/C21H26O6/c1-6-7-14-8-9-16(17(10-14)24-3)27-13(2)20(22)15-11-18(25-4)21(23)19(12-15)26-5/h6-13,20,22-23H,1-5H3/b7-6+/t13-,20-/m0/s1. The van der Waals surface area contributed by atoms with Crippen molar-refractivity contribution in [3.05, 3.63) is 47.5 Å². The average molecular weight is 374 g/mol. The van der Waals surface area contributed by atoms with Crippen LogP contribution in [0.15, 0.2) is 36.4 Å². The highest BCUT2D eigenvalue weighted by Gasteiger charge is 2.23. The van der Waals surface area contributed by atoms with Gasteiger partial charge in [-0.3, -0.25) is 0 Å². The molecule has 0 saturated heterocycles. The Morgan fingerprint density at radius 3 is 2.00 bits per heavy atom. The van der Waals surface area contributed by atoms with E-state index in [1.165, 1.54) is 14.2 Å². The van der Waals surface area contributed by atoms with Crippen molar-refractivity contribution in [2.75, 3.05) is 21.3 Å². The van der Waals surface area contributed by atoms with E-state index in [0.717, 1.165) is 5.56 Å². The van der Waals surface area contributed by atoms with Crippen molar-refractivity contribution >= 4 is 6.08 Å². The zero-order chi connectivity index (χ0) is 20.0. The SMILES string of the molecule is C/C=C/c1ccc(O[C@@H](C)[C@H](O)c2cc(OC)c(O)c(OC)c2)c(OC)c1. The van der Waals surface area contributed by atoms with Crippen LogP contribution in [0.25, 0.3) is 6.08 Å². The van der Waals surface area contributed by atoms with Crippen LogP contribution in [-0.2, 0) is 0 Å². The zero-order valence-electron chi connectivity index (χ0n) is 16.2. The highest BCUT2D eigenvalue weighted by atomic mass is 16.5. The van der Waals surface area contributed by atoms with E-state index in [2.05, 4.69) is 0 Å². The number of aliphatic hydroxyl groups is 1. The second kappa shape index (κ2) is 9.19. The summed E-state index contributed by atoms with van der Waals surface area (Å²) in [6, 6.07) is 8.67. The third-order valence-electron chi connectivity index (χ3n) is 4.15. The van der Waals surface area contributed by atoms with Crippen molar-refractivity contribution in [2.45, 2.75) is 26.1 Å². The normalized spacial score (nSPS) is 13.3. The number of aromatic hydroxyl groups is 1. The lowest BCUT2D eigenvalue weighted by molar-refractivity contribution is 0.0448. The van der Waals surface area contributed by atoms with Crippen molar-refractivity contribution in [1.29, 1.82) is 0 Å². The summed E-state index contributed by atoms with van der Waals surface area (Å²) in [5.41, 5.74) is 1.49. The van der Waals surface area contributed by atoms with Crippen LogP contribution < -0.4 is 18.9 Å². The first-order valence-corrected chi connectivity index (χ1v) is 8.55. The quantitative estimate of drug-likeness (QED) is 0.728. The van der Waals surface area contributed by atoms with Gasteiger partial charge in [-0.2, -0.15) is 0 Å². The predicted octanol–water partition coefficient (Wildman–Crippen LogP) is 3.95. The molecule has 0 aliphatic rings. The van der Waals surface area contributed by atoms with Crippen molar-refractivity contribution in [3.8, 4) is 28.7 Å². The summed E-state index contributed by atoms with van der Waals surface area (Å²) in [4.78, 5) is 0. The van der Waals surface area contributed by atoms with E-state index >= 15 is 0 Å². The Hall–Kier alpha value is -2.86. The number of ether oxygens (including phenoxy) is 4. The van der Waals surface area contributed by atoms with Crippen LogP contribution in [-0.4, -0.2) is 37.6 Å². The number of rotatable bonds is 8. The largest absolute Gasteiger partial charge is 0.502 e. The molecule has 0 amide bonds. The number of hydrogen-bond acceptors (Lipinski definition) is 6. The Morgan fingerprint density at radius 2 is 1.48 bits per heavy atom. The van der Waals surface area contributed by atoms with Gasteiger partial charge < -0.3 is 29.2 Å². The van der Waals surface area contributed by atoms with Gasteiger partial charge in [0.15, 0.2) is 23.0 Å². The molecule has 6 heteroatoms. The van der Waals surface area contributed by atoms with Gasteiger partial charge in [-0.15, -0.1) is 0 Å². The molecular formula is C21H26O6. The number of phenolic OH excluding ortho intramolecular Hbond substituents is 1. The molecule has 2 N–H and O–H groups in total. The minimum absolute atomic E-state index is 0.120. The second-order valence-corrected chi connectivity index (χ2v) is 5.95. The summed E-state index contributed by atoms with van der Waals surface area (Å²) in [7, 11) is 4.43. The Balaban J connectivity index is 2.27. The second-order valence-electron chi connectivity index (χ2n) is 5.95. The summed E-state index contributed by atoms with van der Waals surface area (Å²) >= 11 is 0. The smallest absolute Gasteiger partial charge is 0.200 e. The van der Waals surface area contributed by atoms with E-state index in [4.69, 9.17) is 18.9 Å². The number of methoxy groups -OCH3 is 3. The molecule has 0 aromatic heterocycles. The van der Waals surface area contributed by atoms with E-state index in [0.29, 0.717) is 17.1 Å². The molecule has 0 spiro atoms. The first kappa shape index (κ1) is 20.5. The maximum Gasteiger partial charge on any atom is 0.200 e. The van der Waals surface area contributed by atoms with Crippen molar-refractivity contribution in [3.63, 3.8) is 0 Å². The van der Waals surface area contributed by atoms with Gasteiger partial charge in [0, 0.05) is 0 Å². The third-order valence-corrected chi connectivity index (χ3v) is 4.15. The van der Waals surface area contributed by atoms with Crippen LogP contribution in [0.1, 0.15) is 31.1 Å². The summed E-state index contributed by atoms with van der Waals surface area (Å²) < 4.78 is 21.6. The van der Waals surface area contributed by atoms with Gasteiger partial charge in [-0.1, -0.05) is 18.2 Å². The molecule has 2 aromatic carbocycles. The lowest BCUT2D eigenvalue weighted by Crippen LogP contribution is -2.22. The fraction of sp³-hybridized carbons (Fsp3) is 0.333.